The summed E-state index contributed by atoms with van der Waals surface area (Å²) in [5, 5.41) is 9.35. The first-order chi connectivity index (χ1) is 13.1. The minimum atomic E-state index is -0.113. The van der Waals surface area contributed by atoms with E-state index in [1.54, 1.807) is 18.6 Å². The second kappa shape index (κ2) is 6.76. The molecule has 0 aliphatic heterocycles. The second-order valence-corrected chi connectivity index (χ2v) is 7.14. The van der Waals surface area contributed by atoms with Crippen LogP contribution >= 0.6 is 0 Å². The largest absolute Gasteiger partial charge is 0.344 e. The number of hydrogen-bond acceptors (Lipinski definition) is 5. The van der Waals surface area contributed by atoms with Crippen molar-refractivity contribution >= 4 is 22.5 Å². The van der Waals surface area contributed by atoms with Crippen molar-refractivity contribution in [1.82, 2.24) is 19.9 Å². The molecule has 27 heavy (non-hydrogen) atoms. The number of carbonyl (C=O) groups excluding carboxylic acids is 1. The van der Waals surface area contributed by atoms with Gasteiger partial charge < -0.3 is 4.98 Å². The maximum atomic E-state index is 12.4. The van der Waals surface area contributed by atoms with Crippen molar-refractivity contribution in [2.24, 2.45) is 11.8 Å². The van der Waals surface area contributed by atoms with Crippen molar-refractivity contribution in [2.75, 3.05) is 0 Å². The van der Waals surface area contributed by atoms with Crippen molar-refractivity contribution in [2.45, 2.75) is 26.7 Å². The average Bonchev–Trinajstić information content (AvgIpc) is 3.42. The van der Waals surface area contributed by atoms with Gasteiger partial charge >= 0.3 is 0 Å². The lowest BCUT2D eigenvalue weighted by Crippen LogP contribution is -2.07. The van der Waals surface area contributed by atoms with Gasteiger partial charge in [-0.1, -0.05) is 19.9 Å². The van der Waals surface area contributed by atoms with E-state index in [-0.39, 0.29) is 11.7 Å². The molecule has 1 saturated carbocycles. The zero-order valence-electron chi connectivity index (χ0n) is 15.2. The average molecular weight is 357 g/mol. The predicted octanol–water partition coefficient (Wildman–Crippen LogP) is 4.18. The molecule has 0 radical (unpaired) electrons. The SMILES string of the molecule is CC(C)C(=O)c1c[nH]c2ncc(-c3ccc(/C(C#N)=C\C4CC4)nc3)nc12. The maximum absolute atomic E-state index is 12.4. The molecule has 0 aromatic carbocycles. The van der Waals surface area contributed by atoms with E-state index >= 15 is 0 Å². The van der Waals surface area contributed by atoms with Gasteiger partial charge in [0.15, 0.2) is 11.4 Å². The number of nitrogens with zero attached hydrogens (tertiary/aromatic N) is 4. The van der Waals surface area contributed by atoms with Crippen molar-refractivity contribution < 1.29 is 4.79 Å². The number of pyridine rings is 1. The summed E-state index contributed by atoms with van der Waals surface area (Å²) in [5.41, 5.74) is 4.43. The number of aromatic nitrogens is 4. The summed E-state index contributed by atoms with van der Waals surface area (Å²) in [6, 6.07) is 5.94. The summed E-state index contributed by atoms with van der Waals surface area (Å²) in [6.45, 7) is 3.73. The van der Waals surface area contributed by atoms with Gasteiger partial charge in [-0.2, -0.15) is 5.26 Å². The maximum Gasteiger partial charge on any atom is 0.169 e. The molecule has 3 heterocycles. The number of Topliss-reactive ketones (excluding diaryl/α,β-unsaturated/α-hetero) is 1. The molecule has 0 amide bonds. The van der Waals surface area contributed by atoms with Crippen LogP contribution in [0.4, 0.5) is 0 Å². The number of carbonyl (C=O) groups is 1. The molecule has 4 rings (SSSR count). The van der Waals surface area contributed by atoms with E-state index in [2.05, 4.69) is 26.0 Å². The van der Waals surface area contributed by atoms with Gasteiger partial charge in [0.25, 0.3) is 0 Å². The van der Waals surface area contributed by atoms with Crippen LogP contribution in [0.1, 0.15) is 42.7 Å². The Bertz CT molecular complexity index is 1080. The molecule has 0 bridgehead atoms. The number of ketones is 1. The van der Waals surface area contributed by atoms with Gasteiger partial charge in [0.2, 0.25) is 0 Å². The molecule has 0 atom stereocenters. The highest BCUT2D eigenvalue weighted by molar-refractivity contribution is 6.06. The normalized spacial score (nSPS) is 14.5. The molecule has 3 aromatic heterocycles. The fourth-order valence-corrected chi connectivity index (χ4v) is 2.91. The highest BCUT2D eigenvalue weighted by Gasteiger charge is 2.20. The van der Waals surface area contributed by atoms with Crippen LogP contribution in [0.5, 0.6) is 0 Å². The Morgan fingerprint density at radius 3 is 2.74 bits per heavy atom. The molecule has 0 unspecified atom stereocenters. The van der Waals surface area contributed by atoms with Crippen molar-refractivity contribution in [1.29, 1.82) is 5.26 Å². The number of hydrogen-bond donors (Lipinski definition) is 1. The predicted molar refractivity (Wildman–Crippen MR) is 103 cm³/mol. The molecule has 134 valence electrons. The molecule has 1 N–H and O–H groups in total. The highest BCUT2D eigenvalue weighted by atomic mass is 16.1. The van der Waals surface area contributed by atoms with Gasteiger partial charge in [-0.3, -0.25) is 9.78 Å². The Labute approximate surface area is 157 Å². The molecular formula is C21H19N5O. The van der Waals surface area contributed by atoms with Gasteiger partial charge in [-0.05, 0) is 30.9 Å². The lowest BCUT2D eigenvalue weighted by Gasteiger charge is -2.04. The van der Waals surface area contributed by atoms with Gasteiger partial charge in [-0.25, -0.2) is 9.97 Å². The zero-order valence-corrected chi connectivity index (χ0v) is 15.2. The number of aromatic amines is 1. The van der Waals surface area contributed by atoms with E-state index in [9.17, 15) is 10.1 Å². The van der Waals surface area contributed by atoms with E-state index in [1.165, 1.54) is 0 Å². The minimum Gasteiger partial charge on any atom is -0.344 e. The van der Waals surface area contributed by atoms with Gasteiger partial charge in [0.1, 0.15) is 11.6 Å². The van der Waals surface area contributed by atoms with Gasteiger partial charge in [-0.15, -0.1) is 0 Å². The summed E-state index contributed by atoms with van der Waals surface area (Å²) in [6.07, 6.45) is 9.31. The lowest BCUT2D eigenvalue weighted by molar-refractivity contribution is 0.0941. The van der Waals surface area contributed by atoms with Gasteiger partial charge in [0.05, 0.1) is 28.7 Å². The summed E-state index contributed by atoms with van der Waals surface area (Å²) in [7, 11) is 0. The van der Waals surface area contributed by atoms with Crippen LogP contribution in [-0.4, -0.2) is 25.7 Å². The first-order valence-corrected chi connectivity index (χ1v) is 9.04. The van der Waals surface area contributed by atoms with Crippen molar-refractivity contribution in [3.05, 3.63) is 48.1 Å². The molecule has 0 saturated heterocycles. The Morgan fingerprint density at radius 2 is 2.11 bits per heavy atom. The Balaban J connectivity index is 1.69. The number of nitriles is 1. The number of nitrogens with one attached hydrogen (secondary N) is 1. The molecule has 6 heteroatoms. The third-order valence-electron chi connectivity index (χ3n) is 4.65. The molecule has 1 aliphatic rings. The first kappa shape index (κ1) is 17.1. The smallest absolute Gasteiger partial charge is 0.169 e. The number of rotatable bonds is 5. The standard InChI is InChI=1S/C21H19N5O/c1-12(2)20(27)16-10-24-21-19(16)26-18(11-25-21)14-5-6-17(23-9-14)15(8-22)7-13-3-4-13/h5-7,9-13H,3-4H2,1-2H3,(H,24,25)/b15-7-. The first-order valence-electron chi connectivity index (χ1n) is 9.04. The zero-order chi connectivity index (χ0) is 19.0. The van der Waals surface area contributed by atoms with Crippen LogP contribution in [-0.2, 0) is 0 Å². The van der Waals surface area contributed by atoms with E-state index in [1.807, 2.05) is 32.1 Å². The fraction of sp³-hybridized carbons (Fsp3) is 0.286. The summed E-state index contributed by atoms with van der Waals surface area (Å²) in [5.74, 6) is 0.433. The topological polar surface area (TPSA) is 95.3 Å². The van der Waals surface area contributed by atoms with Gasteiger partial charge in [0, 0.05) is 23.9 Å². The molecule has 3 aromatic rings. The Hall–Kier alpha value is -3.33. The van der Waals surface area contributed by atoms with E-state index in [0.29, 0.717) is 39.6 Å². The van der Waals surface area contributed by atoms with E-state index in [4.69, 9.17) is 0 Å². The van der Waals surface area contributed by atoms with Crippen molar-refractivity contribution in [3.8, 4) is 17.3 Å². The van der Waals surface area contributed by atoms with Crippen LogP contribution in [0.15, 0.2) is 36.8 Å². The number of H-pyrrole nitrogens is 1. The highest BCUT2D eigenvalue weighted by Crippen LogP contribution is 2.33. The quantitative estimate of drug-likeness (QED) is 0.546. The van der Waals surface area contributed by atoms with Crippen molar-refractivity contribution in [3.63, 3.8) is 0 Å². The molecular weight excluding hydrogens is 338 g/mol. The fourth-order valence-electron chi connectivity index (χ4n) is 2.91. The van der Waals surface area contributed by atoms with E-state index in [0.717, 1.165) is 18.4 Å². The Morgan fingerprint density at radius 1 is 1.30 bits per heavy atom. The summed E-state index contributed by atoms with van der Waals surface area (Å²) >= 11 is 0. The monoisotopic (exact) mass is 357 g/mol. The van der Waals surface area contributed by atoms with Crippen LogP contribution in [0.2, 0.25) is 0 Å². The summed E-state index contributed by atoms with van der Waals surface area (Å²) in [4.78, 5) is 28.8. The minimum absolute atomic E-state index is 0.0325. The molecule has 6 nitrogen and oxygen atoms in total. The Kier molecular flexibility index (Phi) is 4.28. The lowest BCUT2D eigenvalue weighted by atomic mass is 10.0. The third kappa shape index (κ3) is 3.36. The van der Waals surface area contributed by atoms with Crippen LogP contribution in [0.3, 0.4) is 0 Å². The van der Waals surface area contributed by atoms with E-state index < -0.39 is 0 Å². The molecule has 0 spiro atoms. The third-order valence-corrected chi connectivity index (χ3v) is 4.65. The van der Waals surface area contributed by atoms with Crippen LogP contribution in [0.25, 0.3) is 28.0 Å². The molecule has 1 fully saturated rings. The summed E-state index contributed by atoms with van der Waals surface area (Å²) < 4.78 is 0. The number of fused-ring (bicyclic) bond motifs is 1. The van der Waals surface area contributed by atoms with Crippen LogP contribution < -0.4 is 0 Å². The van der Waals surface area contributed by atoms with Crippen LogP contribution in [0, 0.1) is 23.2 Å². The molecule has 1 aliphatic carbocycles. The number of allylic oxidation sites excluding steroid dienone is 2. The second-order valence-electron chi connectivity index (χ2n) is 7.14.